The van der Waals surface area contributed by atoms with E-state index in [1.54, 1.807) is 0 Å². The predicted molar refractivity (Wildman–Crippen MR) is 52.0 cm³/mol. The van der Waals surface area contributed by atoms with Crippen LogP contribution in [0.15, 0.2) is 0 Å². The van der Waals surface area contributed by atoms with Crippen LogP contribution in [-0.4, -0.2) is 17.5 Å². The minimum absolute atomic E-state index is 0.259. The molecule has 0 aromatic rings. The van der Waals surface area contributed by atoms with Gasteiger partial charge in [0.05, 0.1) is 0 Å². The van der Waals surface area contributed by atoms with Crippen LogP contribution in [0.3, 0.4) is 0 Å². The van der Waals surface area contributed by atoms with Crippen molar-refractivity contribution in [3.8, 4) is 0 Å². The SMILES string of the molecule is [CH2]CCP(C(C)C)C(C)C. The molecule has 0 rings (SSSR count). The van der Waals surface area contributed by atoms with Crippen molar-refractivity contribution in [3.05, 3.63) is 6.92 Å². The minimum atomic E-state index is 0.259. The Hall–Kier alpha value is 0.430. The van der Waals surface area contributed by atoms with E-state index in [4.69, 9.17) is 0 Å². The van der Waals surface area contributed by atoms with Crippen molar-refractivity contribution in [1.29, 1.82) is 0 Å². The van der Waals surface area contributed by atoms with Crippen molar-refractivity contribution in [2.24, 2.45) is 0 Å². The molecular formula is C9H20P. The number of rotatable bonds is 4. The molecule has 0 bridgehead atoms. The summed E-state index contributed by atoms with van der Waals surface area (Å²) in [5, 5.41) is 0. The Balaban J connectivity index is 3.73. The lowest BCUT2D eigenvalue weighted by atomic mass is 10.5. The van der Waals surface area contributed by atoms with Gasteiger partial charge in [-0.3, -0.25) is 0 Å². The largest absolute Gasteiger partial charge is 0.101 e. The Morgan fingerprint density at radius 1 is 1.10 bits per heavy atom. The molecule has 0 spiro atoms. The third-order valence-electron chi connectivity index (χ3n) is 1.74. The molecule has 0 heterocycles. The number of hydrogen-bond donors (Lipinski definition) is 0. The minimum Gasteiger partial charge on any atom is -0.101 e. The third-order valence-corrected chi connectivity index (χ3v) is 5.23. The molecule has 0 aromatic carbocycles. The van der Waals surface area contributed by atoms with Gasteiger partial charge in [0.25, 0.3) is 0 Å². The quantitative estimate of drug-likeness (QED) is 0.551. The van der Waals surface area contributed by atoms with E-state index in [2.05, 4.69) is 34.6 Å². The molecule has 10 heavy (non-hydrogen) atoms. The summed E-state index contributed by atoms with van der Waals surface area (Å²) in [4.78, 5) is 0. The lowest BCUT2D eigenvalue weighted by Gasteiger charge is -2.24. The Morgan fingerprint density at radius 2 is 1.50 bits per heavy atom. The maximum atomic E-state index is 3.91. The van der Waals surface area contributed by atoms with Gasteiger partial charge >= 0.3 is 0 Å². The van der Waals surface area contributed by atoms with E-state index in [1.165, 1.54) is 6.16 Å². The highest BCUT2D eigenvalue weighted by atomic mass is 31.1. The molecule has 1 heteroatoms. The van der Waals surface area contributed by atoms with E-state index in [9.17, 15) is 0 Å². The lowest BCUT2D eigenvalue weighted by Crippen LogP contribution is -2.05. The third kappa shape index (κ3) is 3.56. The van der Waals surface area contributed by atoms with Crippen LogP contribution in [0, 0.1) is 6.92 Å². The summed E-state index contributed by atoms with van der Waals surface area (Å²) in [6.07, 6.45) is 2.47. The maximum absolute atomic E-state index is 3.91. The van der Waals surface area contributed by atoms with E-state index < -0.39 is 0 Å². The Bertz CT molecular complexity index is 68.8. The molecule has 0 nitrogen and oxygen atoms in total. The van der Waals surface area contributed by atoms with Gasteiger partial charge < -0.3 is 0 Å². The van der Waals surface area contributed by atoms with Gasteiger partial charge in [-0.25, -0.2) is 0 Å². The van der Waals surface area contributed by atoms with Crippen molar-refractivity contribution in [2.45, 2.75) is 45.4 Å². The second-order valence-electron chi connectivity index (χ2n) is 3.28. The Morgan fingerprint density at radius 3 is 1.60 bits per heavy atom. The van der Waals surface area contributed by atoms with Crippen LogP contribution in [0.25, 0.3) is 0 Å². The lowest BCUT2D eigenvalue weighted by molar-refractivity contribution is 0.989. The zero-order valence-electron chi connectivity index (χ0n) is 7.72. The van der Waals surface area contributed by atoms with Crippen molar-refractivity contribution in [3.63, 3.8) is 0 Å². The average Bonchev–Trinajstić information content (AvgIpc) is 1.81. The molecule has 1 radical (unpaired) electrons. The molecule has 0 aliphatic carbocycles. The van der Waals surface area contributed by atoms with Gasteiger partial charge in [-0.05, 0) is 23.9 Å². The van der Waals surface area contributed by atoms with Crippen LogP contribution in [-0.2, 0) is 0 Å². The zero-order chi connectivity index (χ0) is 8.15. The van der Waals surface area contributed by atoms with Gasteiger partial charge in [0.2, 0.25) is 0 Å². The van der Waals surface area contributed by atoms with Crippen molar-refractivity contribution in [1.82, 2.24) is 0 Å². The van der Waals surface area contributed by atoms with E-state index in [0.29, 0.717) is 0 Å². The van der Waals surface area contributed by atoms with Crippen LogP contribution in [0.2, 0.25) is 0 Å². The molecular weight excluding hydrogens is 139 g/mol. The molecule has 0 aliphatic heterocycles. The van der Waals surface area contributed by atoms with E-state index in [0.717, 1.165) is 17.7 Å². The van der Waals surface area contributed by atoms with Crippen molar-refractivity contribution >= 4 is 7.92 Å². The smallest absolute Gasteiger partial charge is 0.0264 e. The summed E-state index contributed by atoms with van der Waals surface area (Å²) in [5.41, 5.74) is 1.77. The molecule has 61 valence electrons. The summed E-state index contributed by atoms with van der Waals surface area (Å²) in [6, 6.07) is 0. The fourth-order valence-corrected chi connectivity index (χ4v) is 3.89. The standard InChI is InChI=1S/C9H20P/c1-6-7-10(8(2)3)9(4)5/h8-9H,1,6-7H2,2-5H3. The van der Waals surface area contributed by atoms with Gasteiger partial charge in [0.15, 0.2) is 0 Å². The summed E-state index contributed by atoms with van der Waals surface area (Å²) in [6.45, 7) is 13.2. The first kappa shape index (κ1) is 10.4. The van der Waals surface area contributed by atoms with E-state index in [-0.39, 0.29) is 7.92 Å². The van der Waals surface area contributed by atoms with Crippen molar-refractivity contribution in [2.75, 3.05) is 6.16 Å². The molecule has 0 N–H and O–H groups in total. The first-order chi connectivity index (χ1) is 4.59. The molecule has 0 saturated heterocycles. The second-order valence-corrected chi connectivity index (χ2v) is 6.82. The van der Waals surface area contributed by atoms with Crippen molar-refractivity contribution < 1.29 is 0 Å². The molecule has 0 atom stereocenters. The molecule has 0 amide bonds. The van der Waals surface area contributed by atoms with Gasteiger partial charge in [-0.15, -0.1) is 7.92 Å². The van der Waals surface area contributed by atoms with Crippen LogP contribution in [0.5, 0.6) is 0 Å². The summed E-state index contributed by atoms with van der Waals surface area (Å²) in [5.74, 6) is 0. The monoisotopic (exact) mass is 159 g/mol. The summed E-state index contributed by atoms with van der Waals surface area (Å²) in [7, 11) is 0.259. The number of hydrogen-bond acceptors (Lipinski definition) is 0. The summed E-state index contributed by atoms with van der Waals surface area (Å²) >= 11 is 0. The topological polar surface area (TPSA) is 0 Å². The molecule has 0 fully saturated rings. The first-order valence-corrected chi connectivity index (χ1v) is 5.81. The fraction of sp³-hybridized carbons (Fsp3) is 0.889. The molecule has 0 saturated carbocycles. The normalized spacial score (nSPS) is 12.0. The van der Waals surface area contributed by atoms with E-state index >= 15 is 0 Å². The van der Waals surface area contributed by atoms with Gasteiger partial charge in [-0.2, -0.15) is 0 Å². The highest BCUT2D eigenvalue weighted by Crippen LogP contribution is 2.45. The fourth-order valence-electron chi connectivity index (χ4n) is 1.30. The Labute approximate surface area is 67.2 Å². The van der Waals surface area contributed by atoms with Crippen LogP contribution in [0.1, 0.15) is 34.1 Å². The first-order valence-electron chi connectivity index (χ1n) is 4.14. The molecule has 0 aromatic heterocycles. The van der Waals surface area contributed by atoms with Gasteiger partial charge in [0.1, 0.15) is 0 Å². The molecule has 0 aliphatic rings. The van der Waals surface area contributed by atoms with Crippen LogP contribution in [0.4, 0.5) is 0 Å². The molecule has 0 unspecified atom stereocenters. The average molecular weight is 159 g/mol. The van der Waals surface area contributed by atoms with Crippen LogP contribution >= 0.6 is 7.92 Å². The Kier molecular flexibility index (Phi) is 5.35. The highest BCUT2D eigenvalue weighted by Gasteiger charge is 2.14. The predicted octanol–water partition coefficient (Wildman–Crippen LogP) is 3.51. The van der Waals surface area contributed by atoms with Gasteiger partial charge in [-0.1, -0.05) is 34.6 Å². The van der Waals surface area contributed by atoms with E-state index in [1.807, 2.05) is 0 Å². The van der Waals surface area contributed by atoms with Gasteiger partial charge in [0, 0.05) is 0 Å². The maximum Gasteiger partial charge on any atom is -0.0264 e. The summed E-state index contributed by atoms with van der Waals surface area (Å²) < 4.78 is 0. The van der Waals surface area contributed by atoms with Crippen LogP contribution < -0.4 is 0 Å². The highest BCUT2D eigenvalue weighted by molar-refractivity contribution is 7.59. The second kappa shape index (κ2) is 5.13. The zero-order valence-corrected chi connectivity index (χ0v) is 8.62.